The first-order valence-corrected chi connectivity index (χ1v) is 9.57. The van der Waals surface area contributed by atoms with E-state index in [2.05, 4.69) is 4.98 Å². The second-order valence-electron chi connectivity index (χ2n) is 6.41. The Morgan fingerprint density at radius 2 is 1.78 bits per heavy atom. The molecule has 0 saturated heterocycles. The lowest BCUT2D eigenvalue weighted by atomic mass is 10.1. The highest BCUT2D eigenvalue weighted by molar-refractivity contribution is 7.90. The van der Waals surface area contributed by atoms with Crippen molar-refractivity contribution in [3.8, 4) is 0 Å². The third kappa shape index (κ3) is 3.84. The molecule has 0 spiro atoms. The van der Waals surface area contributed by atoms with E-state index in [4.69, 9.17) is 0 Å². The highest BCUT2D eigenvalue weighted by Crippen LogP contribution is 2.31. The molecule has 2 aromatic heterocycles. The molecule has 27 heavy (non-hydrogen) atoms. The van der Waals surface area contributed by atoms with Gasteiger partial charge in [-0.25, -0.2) is 17.4 Å². The highest BCUT2D eigenvalue weighted by Gasteiger charge is 2.31. The zero-order valence-corrected chi connectivity index (χ0v) is 15.5. The molecule has 1 aromatic carbocycles. The van der Waals surface area contributed by atoms with Crippen molar-refractivity contribution in [2.24, 2.45) is 0 Å². The molecule has 0 unspecified atom stereocenters. The Labute approximate surface area is 155 Å². The van der Waals surface area contributed by atoms with E-state index >= 15 is 0 Å². The number of likely N-dealkylation sites (N-methyl/N-ethyl adjacent to an activating group) is 1. The first-order chi connectivity index (χ1) is 12.6. The van der Waals surface area contributed by atoms with Crippen LogP contribution in [0, 0.1) is 0 Å². The molecule has 0 atom stereocenters. The maximum absolute atomic E-state index is 13.0. The Morgan fingerprint density at radius 1 is 1.11 bits per heavy atom. The molecule has 0 saturated carbocycles. The molecule has 9 heteroatoms. The van der Waals surface area contributed by atoms with Crippen molar-refractivity contribution in [1.29, 1.82) is 0 Å². The van der Waals surface area contributed by atoms with Gasteiger partial charge in [-0.3, -0.25) is 0 Å². The van der Waals surface area contributed by atoms with Crippen molar-refractivity contribution in [2.75, 3.05) is 20.6 Å². The van der Waals surface area contributed by atoms with E-state index in [1.807, 2.05) is 19.0 Å². The molecular weight excluding hydrogens is 379 g/mol. The molecular formula is C18H18F3N3O2S. The van der Waals surface area contributed by atoms with Gasteiger partial charge in [-0.15, -0.1) is 0 Å². The van der Waals surface area contributed by atoms with Crippen molar-refractivity contribution in [3.05, 3.63) is 59.9 Å². The maximum atomic E-state index is 13.0. The van der Waals surface area contributed by atoms with E-state index < -0.39 is 21.8 Å². The summed E-state index contributed by atoms with van der Waals surface area (Å²) < 4.78 is 65.2. The lowest BCUT2D eigenvalue weighted by molar-refractivity contribution is -0.137. The van der Waals surface area contributed by atoms with Crippen LogP contribution in [0.2, 0.25) is 0 Å². The van der Waals surface area contributed by atoms with E-state index in [0.717, 1.165) is 33.8 Å². The van der Waals surface area contributed by atoms with Gasteiger partial charge in [0.15, 0.2) is 5.65 Å². The summed E-state index contributed by atoms with van der Waals surface area (Å²) in [5, 5.41) is 0.704. The van der Waals surface area contributed by atoms with Gasteiger partial charge in [-0.05, 0) is 62.5 Å². The number of hydrogen-bond acceptors (Lipinski definition) is 4. The molecule has 0 radical (unpaired) electrons. The van der Waals surface area contributed by atoms with Gasteiger partial charge >= 0.3 is 6.18 Å². The largest absolute Gasteiger partial charge is 0.416 e. The van der Waals surface area contributed by atoms with Crippen LogP contribution in [0.4, 0.5) is 13.2 Å². The summed E-state index contributed by atoms with van der Waals surface area (Å²) in [6, 6.07) is 6.96. The lowest BCUT2D eigenvalue weighted by Gasteiger charge is -2.10. The highest BCUT2D eigenvalue weighted by atomic mass is 32.2. The molecule has 5 nitrogen and oxygen atoms in total. The fraction of sp³-hybridized carbons (Fsp3) is 0.278. The van der Waals surface area contributed by atoms with Crippen molar-refractivity contribution in [3.63, 3.8) is 0 Å². The first kappa shape index (κ1) is 19.4. The van der Waals surface area contributed by atoms with E-state index in [1.165, 1.54) is 12.4 Å². The van der Waals surface area contributed by atoms with Gasteiger partial charge in [0, 0.05) is 24.3 Å². The normalized spacial score (nSPS) is 12.8. The van der Waals surface area contributed by atoms with Crippen molar-refractivity contribution >= 4 is 21.1 Å². The molecule has 0 aliphatic carbocycles. The topological polar surface area (TPSA) is 55.2 Å². The summed E-state index contributed by atoms with van der Waals surface area (Å²) in [6.07, 6.45) is -0.931. The Bertz CT molecular complexity index is 1060. The molecule has 0 fully saturated rings. The third-order valence-corrected chi connectivity index (χ3v) is 5.85. The summed E-state index contributed by atoms with van der Waals surface area (Å²) in [7, 11) is -0.246. The zero-order valence-electron chi connectivity index (χ0n) is 14.7. The number of rotatable bonds is 5. The average molecular weight is 397 g/mol. The number of nitrogens with zero attached hydrogens (tertiary/aromatic N) is 3. The van der Waals surface area contributed by atoms with E-state index in [0.29, 0.717) is 18.4 Å². The first-order valence-electron chi connectivity index (χ1n) is 8.13. The van der Waals surface area contributed by atoms with Gasteiger partial charge in [0.1, 0.15) is 0 Å². The second kappa shape index (κ2) is 6.97. The monoisotopic (exact) mass is 397 g/mol. The van der Waals surface area contributed by atoms with Crippen molar-refractivity contribution in [1.82, 2.24) is 13.9 Å². The molecule has 2 heterocycles. The molecule has 3 rings (SSSR count). The molecule has 0 bridgehead atoms. The molecule has 0 amide bonds. The second-order valence-corrected chi connectivity index (χ2v) is 8.22. The fourth-order valence-corrected chi connectivity index (χ4v) is 4.10. The van der Waals surface area contributed by atoms with Crippen molar-refractivity contribution < 1.29 is 21.6 Å². The lowest BCUT2D eigenvalue weighted by Crippen LogP contribution is -2.15. The summed E-state index contributed by atoms with van der Waals surface area (Å²) in [5.41, 5.74) is 0.164. The standard InChI is InChI=1S/C18H18F3N3O2S/c1-23(2)11-9-13-12-24(17-16(13)4-3-10-22-17)27(25,26)15-7-5-14(6-8-15)18(19,20)21/h3-8,10,12H,9,11H2,1-2H3. The summed E-state index contributed by atoms with van der Waals surface area (Å²) in [4.78, 5) is 5.92. The zero-order chi connectivity index (χ0) is 19.8. The Hall–Kier alpha value is -2.39. The Morgan fingerprint density at radius 3 is 2.37 bits per heavy atom. The van der Waals surface area contributed by atoms with Crippen LogP contribution in [-0.4, -0.2) is 42.9 Å². The minimum atomic E-state index is -4.52. The number of alkyl halides is 3. The van der Waals surface area contributed by atoms with Crippen LogP contribution in [0.5, 0.6) is 0 Å². The van der Waals surface area contributed by atoms with E-state index in [1.54, 1.807) is 12.1 Å². The molecule has 3 aromatic rings. The van der Waals surface area contributed by atoms with Gasteiger partial charge in [0.05, 0.1) is 10.5 Å². The van der Waals surface area contributed by atoms with Crippen LogP contribution < -0.4 is 0 Å². The third-order valence-electron chi connectivity index (χ3n) is 4.18. The number of pyridine rings is 1. The van der Waals surface area contributed by atoms with Crippen LogP contribution in [0.3, 0.4) is 0 Å². The van der Waals surface area contributed by atoms with Crippen molar-refractivity contribution in [2.45, 2.75) is 17.5 Å². The smallest absolute Gasteiger partial charge is 0.309 e. The molecule has 144 valence electrons. The summed E-state index contributed by atoms with van der Waals surface area (Å²) in [5.74, 6) is 0. The number of benzene rings is 1. The number of aromatic nitrogens is 2. The fourth-order valence-electron chi connectivity index (χ4n) is 2.75. The maximum Gasteiger partial charge on any atom is 0.416 e. The van der Waals surface area contributed by atoms with Crippen LogP contribution in [-0.2, 0) is 22.6 Å². The Balaban J connectivity index is 2.08. The van der Waals surface area contributed by atoms with Gasteiger partial charge < -0.3 is 4.90 Å². The predicted molar refractivity (Wildman–Crippen MR) is 96.0 cm³/mol. The van der Waals surface area contributed by atoms with E-state index in [9.17, 15) is 21.6 Å². The molecule has 0 N–H and O–H groups in total. The molecule has 0 aliphatic heterocycles. The SMILES string of the molecule is CN(C)CCc1cn(S(=O)(=O)c2ccc(C(F)(F)F)cc2)c2ncccc12. The predicted octanol–water partition coefficient (Wildman–Crippen LogP) is 3.40. The van der Waals surface area contributed by atoms with Gasteiger partial charge in [0.2, 0.25) is 0 Å². The quantitative estimate of drug-likeness (QED) is 0.662. The molecule has 0 aliphatic rings. The van der Waals surface area contributed by atoms with E-state index in [-0.39, 0.29) is 10.5 Å². The minimum absolute atomic E-state index is 0.225. The van der Waals surface area contributed by atoms with Crippen LogP contribution >= 0.6 is 0 Å². The number of fused-ring (bicyclic) bond motifs is 1. The van der Waals surface area contributed by atoms with Gasteiger partial charge in [-0.2, -0.15) is 13.2 Å². The van der Waals surface area contributed by atoms with Gasteiger partial charge in [-0.1, -0.05) is 0 Å². The minimum Gasteiger partial charge on any atom is -0.309 e. The van der Waals surface area contributed by atoms with Crippen LogP contribution in [0.25, 0.3) is 11.0 Å². The summed E-state index contributed by atoms with van der Waals surface area (Å²) >= 11 is 0. The number of hydrogen-bond donors (Lipinski definition) is 0. The summed E-state index contributed by atoms with van der Waals surface area (Å²) in [6.45, 7) is 0.717. The average Bonchev–Trinajstić information content (AvgIpc) is 2.99. The number of halogens is 3. The van der Waals surface area contributed by atoms with Gasteiger partial charge in [0.25, 0.3) is 10.0 Å². The van der Waals surface area contributed by atoms with Crippen LogP contribution in [0.15, 0.2) is 53.7 Å². The Kier molecular flexibility index (Phi) is 5.00. The van der Waals surface area contributed by atoms with Crippen LogP contribution in [0.1, 0.15) is 11.1 Å².